The van der Waals surface area contributed by atoms with Gasteiger partial charge in [-0.2, -0.15) is 0 Å². The molecule has 0 aliphatic heterocycles. The molecule has 0 atom stereocenters. The normalized spacial score (nSPS) is 10.4. The molecule has 0 aliphatic rings. The summed E-state index contributed by atoms with van der Waals surface area (Å²) in [5, 5.41) is 0. The van der Waals surface area contributed by atoms with E-state index in [1.807, 2.05) is 37.3 Å². The molecule has 0 saturated carbocycles. The fraction of sp³-hybridized carbons (Fsp3) is 0.111. The fourth-order valence-electron chi connectivity index (χ4n) is 0.682. The Bertz CT molecular complexity index is 255. The monoisotopic (exact) mass is 212 g/mol. The highest BCUT2D eigenvalue weighted by Gasteiger charge is 1.94. The molecule has 0 aromatic heterocycles. The largest absolute Gasteiger partial charge is 0.464 e. The lowest BCUT2D eigenvalue weighted by molar-refractivity contribution is 0.477. The van der Waals surface area contributed by atoms with E-state index >= 15 is 0 Å². The lowest BCUT2D eigenvalue weighted by atomic mass is 10.3. The van der Waals surface area contributed by atoms with Crippen LogP contribution >= 0.6 is 15.9 Å². The molecule has 0 amide bonds. The van der Waals surface area contributed by atoms with Crippen molar-refractivity contribution in [2.45, 2.75) is 6.92 Å². The smallest absolute Gasteiger partial charge is 0.140 e. The van der Waals surface area contributed by atoms with Crippen molar-refractivity contribution in [3.05, 3.63) is 41.1 Å². The molecule has 1 aromatic rings. The molecular weight excluding hydrogens is 204 g/mol. The first-order chi connectivity index (χ1) is 5.34. The number of hydrogen-bond acceptors (Lipinski definition) is 1. The Balaban J connectivity index is 2.77. The molecule has 0 aliphatic carbocycles. The Hall–Kier alpha value is -0.760. The highest BCUT2D eigenvalue weighted by Crippen LogP contribution is 2.23. The molecule has 0 fully saturated rings. The molecule has 58 valence electrons. The lowest BCUT2D eigenvalue weighted by Gasteiger charge is -2.00. The van der Waals surface area contributed by atoms with Crippen LogP contribution in [-0.2, 0) is 0 Å². The van der Waals surface area contributed by atoms with Gasteiger partial charge in [-0.1, -0.05) is 18.2 Å². The molecule has 1 aromatic carbocycles. The molecule has 0 saturated heterocycles. The van der Waals surface area contributed by atoms with Gasteiger partial charge in [-0.15, -0.1) is 0 Å². The van der Waals surface area contributed by atoms with Gasteiger partial charge < -0.3 is 4.74 Å². The molecule has 2 heteroatoms. The summed E-state index contributed by atoms with van der Waals surface area (Å²) in [6.07, 6.45) is 3.50. The molecular formula is C9H9BrO. The standard InChI is InChI=1S/C9H9BrO/c1-2-7-11-9-6-4-3-5-8(9)10/h2-7H,1H3/b7-2+. The van der Waals surface area contributed by atoms with Gasteiger partial charge in [0.1, 0.15) is 5.75 Å². The second-order valence-corrected chi connectivity index (χ2v) is 2.87. The van der Waals surface area contributed by atoms with Crippen molar-refractivity contribution in [2.24, 2.45) is 0 Å². The third-order valence-electron chi connectivity index (χ3n) is 1.17. The number of rotatable bonds is 2. The average molecular weight is 213 g/mol. The zero-order chi connectivity index (χ0) is 8.10. The van der Waals surface area contributed by atoms with Gasteiger partial charge in [-0.25, -0.2) is 0 Å². The van der Waals surface area contributed by atoms with E-state index in [9.17, 15) is 0 Å². The van der Waals surface area contributed by atoms with E-state index in [-0.39, 0.29) is 0 Å². The van der Waals surface area contributed by atoms with Crippen LogP contribution in [0, 0.1) is 0 Å². The maximum atomic E-state index is 5.26. The molecule has 1 nitrogen and oxygen atoms in total. The summed E-state index contributed by atoms with van der Waals surface area (Å²) in [7, 11) is 0. The van der Waals surface area contributed by atoms with Crippen LogP contribution in [0.25, 0.3) is 0 Å². The van der Waals surface area contributed by atoms with Crippen LogP contribution in [0.2, 0.25) is 0 Å². The second kappa shape index (κ2) is 4.19. The van der Waals surface area contributed by atoms with E-state index < -0.39 is 0 Å². The van der Waals surface area contributed by atoms with Crippen LogP contribution in [0.4, 0.5) is 0 Å². The van der Waals surface area contributed by atoms with E-state index in [4.69, 9.17) is 4.74 Å². The molecule has 0 radical (unpaired) electrons. The number of allylic oxidation sites excluding steroid dienone is 1. The van der Waals surface area contributed by atoms with E-state index in [0.29, 0.717) is 0 Å². The number of benzene rings is 1. The average Bonchev–Trinajstić information content (AvgIpc) is 2.03. The number of halogens is 1. The van der Waals surface area contributed by atoms with Crippen LogP contribution in [0.15, 0.2) is 41.1 Å². The number of hydrogen-bond donors (Lipinski definition) is 0. The summed E-state index contributed by atoms with van der Waals surface area (Å²) in [6, 6.07) is 7.74. The Morgan fingerprint density at radius 2 is 2.09 bits per heavy atom. The third-order valence-corrected chi connectivity index (χ3v) is 1.82. The van der Waals surface area contributed by atoms with Crippen LogP contribution in [0.3, 0.4) is 0 Å². The molecule has 0 N–H and O–H groups in total. The van der Waals surface area contributed by atoms with E-state index in [0.717, 1.165) is 10.2 Å². The molecule has 11 heavy (non-hydrogen) atoms. The highest BCUT2D eigenvalue weighted by atomic mass is 79.9. The summed E-state index contributed by atoms with van der Waals surface area (Å²) in [4.78, 5) is 0. The van der Waals surface area contributed by atoms with Crippen molar-refractivity contribution >= 4 is 15.9 Å². The predicted molar refractivity (Wildman–Crippen MR) is 49.6 cm³/mol. The summed E-state index contributed by atoms with van der Waals surface area (Å²) < 4.78 is 6.23. The summed E-state index contributed by atoms with van der Waals surface area (Å²) in [5.74, 6) is 0.839. The lowest BCUT2D eigenvalue weighted by Crippen LogP contribution is -1.81. The van der Waals surface area contributed by atoms with Crippen molar-refractivity contribution in [3.8, 4) is 5.75 Å². The van der Waals surface area contributed by atoms with Crippen molar-refractivity contribution in [1.29, 1.82) is 0 Å². The van der Waals surface area contributed by atoms with Crippen LogP contribution < -0.4 is 4.74 Å². The minimum atomic E-state index is 0.839. The number of para-hydroxylation sites is 1. The van der Waals surface area contributed by atoms with Crippen LogP contribution in [0.5, 0.6) is 5.75 Å². The van der Waals surface area contributed by atoms with Gasteiger partial charge in [0.05, 0.1) is 10.7 Å². The van der Waals surface area contributed by atoms with Gasteiger partial charge in [0, 0.05) is 0 Å². The van der Waals surface area contributed by atoms with Gasteiger partial charge in [0.25, 0.3) is 0 Å². The Kier molecular flexibility index (Phi) is 3.17. The summed E-state index contributed by atoms with van der Waals surface area (Å²) in [5.41, 5.74) is 0. The molecule has 0 spiro atoms. The Morgan fingerprint density at radius 1 is 1.36 bits per heavy atom. The van der Waals surface area contributed by atoms with Gasteiger partial charge in [-0.3, -0.25) is 0 Å². The maximum Gasteiger partial charge on any atom is 0.140 e. The van der Waals surface area contributed by atoms with Crippen molar-refractivity contribution in [3.63, 3.8) is 0 Å². The first kappa shape index (κ1) is 8.34. The van der Waals surface area contributed by atoms with Gasteiger partial charge in [0.15, 0.2) is 0 Å². The predicted octanol–water partition coefficient (Wildman–Crippen LogP) is 3.36. The van der Waals surface area contributed by atoms with E-state index in [1.54, 1.807) is 6.26 Å². The maximum absolute atomic E-state index is 5.26. The molecule has 0 heterocycles. The Morgan fingerprint density at radius 3 is 2.73 bits per heavy atom. The second-order valence-electron chi connectivity index (χ2n) is 2.02. The van der Waals surface area contributed by atoms with Gasteiger partial charge in [-0.05, 0) is 35.0 Å². The molecule has 0 bridgehead atoms. The van der Waals surface area contributed by atoms with E-state index in [1.165, 1.54) is 0 Å². The zero-order valence-corrected chi connectivity index (χ0v) is 7.84. The van der Waals surface area contributed by atoms with Gasteiger partial charge >= 0.3 is 0 Å². The minimum Gasteiger partial charge on any atom is -0.464 e. The van der Waals surface area contributed by atoms with Crippen molar-refractivity contribution in [1.82, 2.24) is 0 Å². The topological polar surface area (TPSA) is 9.23 Å². The highest BCUT2D eigenvalue weighted by molar-refractivity contribution is 9.10. The summed E-state index contributed by atoms with van der Waals surface area (Å²) in [6.45, 7) is 1.91. The third kappa shape index (κ3) is 2.39. The van der Waals surface area contributed by atoms with Crippen LogP contribution in [-0.4, -0.2) is 0 Å². The van der Waals surface area contributed by atoms with Gasteiger partial charge in [0.2, 0.25) is 0 Å². The van der Waals surface area contributed by atoms with Crippen LogP contribution in [0.1, 0.15) is 6.92 Å². The quantitative estimate of drug-likeness (QED) is 0.684. The summed E-state index contributed by atoms with van der Waals surface area (Å²) >= 11 is 3.37. The SMILES string of the molecule is C/C=C/Oc1ccccc1Br. The first-order valence-corrected chi connectivity index (χ1v) is 4.16. The Labute approximate surface area is 74.8 Å². The number of ether oxygens (including phenoxy) is 1. The molecule has 1 rings (SSSR count). The minimum absolute atomic E-state index is 0.839. The fourth-order valence-corrected chi connectivity index (χ4v) is 1.06. The molecule has 0 unspecified atom stereocenters. The van der Waals surface area contributed by atoms with Crippen molar-refractivity contribution in [2.75, 3.05) is 0 Å². The zero-order valence-electron chi connectivity index (χ0n) is 6.25. The first-order valence-electron chi connectivity index (χ1n) is 3.37. The van der Waals surface area contributed by atoms with E-state index in [2.05, 4.69) is 15.9 Å². The van der Waals surface area contributed by atoms with Crippen molar-refractivity contribution < 1.29 is 4.74 Å².